The number of thiophene rings is 1. The summed E-state index contributed by atoms with van der Waals surface area (Å²) >= 11 is 5.17. The van der Waals surface area contributed by atoms with Gasteiger partial charge in [-0.3, -0.25) is 0 Å². The first-order chi connectivity index (χ1) is 6.67. The van der Waals surface area contributed by atoms with Crippen LogP contribution < -0.4 is 5.32 Å². The highest BCUT2D eigenvalue weighted by Crippen LogP contribution is 2.27. The number of aliphatic hydroxyl groups is 1. The van der Waals surface area contributed by atoms with Crippen LogP contribution in [0.5, 0.6) is 0 Å². The molecule has 0 saturated heterocycles. The number of aliphatic hydroxyl groups excluding tert-OH is 1. The molecule has 0 saturated carbocycles. The van der Waals surface area contributed by atoms with E-state index in [1.807, 2.05) is 0 Å². The molecule has 1 aromatic rings. The second-order valence-electron chi connectivity index (χ2n) is 3.32. The minimum Gasteiger partial charge on any atom is -0.395 e. The molecule has 1 heterocycles. The normalized spacial score (nSPS) is 15.4. The predicted molar refractivity (Wildman–Crippen MR) is 64.7 cm³/mol. The summed E-state index contributed by atoms with van der Waals surface area (Å²) in [5.41, 5.74) is 0. The molecule has 0 bridgehead atoms. The van der Waals surface area contributed by atoms with Gasteiger partial charge >= 0.3 is 0 Å². The molecule has 0 fully saturated rings. The van der Waals surface area contributed by atoms with Gasteiger partial charge in [0.05, 0.1) is 10.4 Å². The SMILES string of the molecule is CC[C@H](CO)N[C@H](C)c1ccc(Br)s1. The molecule has 80 valence electrons. The Kier molecular flexibility index (Phi) is 5.09. The van der Waals surface area contributed by atoms with E-state index in [4.69, 9.17) is 5.11 Å². The van der Waals surface area contributed by atoms with E-state index >= 15 is 0 Å². The Bertz CT molecular complexity index is 273. The second kappa shape index (κ2) is 5.85. The molecule has 0 amide bonds. The maximum atomic E-state index is 9.06. The van der Waals surface area contributed by atoms with Gasteiger partial charge in [0.15, 0.2) is 0 Å². The van der Waals surface area contributed by atoms with Crippen molar-refractivity contribution < 1.29 is 5.11 Å². The van der Waals surface area contributed by atoms with Crippen molar-refractivity contribution >= 4 is 27.3 Å². The molecule has 0 spiro atoms. The largest absolute Gasteiger partial charge is 0.395 e. The van der Waals surface area contributed by atoms with Crippen LogP contribution in [0.2, 0.25) is 0 Å². The van der Waals surface area contributed by atoms with Gasteiger partial charge in [-0.15, -0.1) is 11.3 Å². The summed E-state index contributed by atoms with van der Waals surface area (Å²) in [6.45, 7) is 4.40. The fraction of sp³-hybridized carbons (Fsp3) is 0.600. The van der Waals surface area contributed by atoms with E-state index in [1.54, 1.807) is 11.3 Å². The van der Waals surface area contributed by atoms with E-state index in [0.29, 0.717) is 6.04 Å². The first kappa shape index (κ1) is 12.2. The molecule has 0 unspecified atom stereocenters. The summed E-state index contributed by atoms with van der Waals surface area (Å²) < 4.78 is 1.15. The Morgan fingerprint density at radius 1 is 1.57 bits per heavy atom. The minimum absolute atomic E-state index is 0.200. The minimum atomic E-state index is 0.200. The summed E-state index contributed by atoms with van der Waals surface area (Å²) in [5.74, 6) is 0. The topological polar surface area (TPSA) is 32.3 Å². The molecule has 4 heteroatoms. The third-order valence-electron chi connectivity index (χ3n) is 2.22. The monoisotopic (exact) mass is 277 g/mol. The zero-order valence-corrected chi connectivity index (χ0v) is 10.9. The Morgan fingerprint density at radius 3 is 2.71 bits per heavy atom. The molecular formula is C10H16BrNOS. The highest BCUT2D eigenvalue weighted by atomic mass is 79.9. The molecule has 0 aliphatic carbocycles. The Labute approximate surface area is 97.5 Å². The highest BCUT2D eigenvalue weighted by molar-refractivity contribution is 9.11. The van der Waals surface area contributed by atoms with E-state index < -0.39 is 0 Å². The van der Waals surface area contributed by atoms with Crippen molar-refractivity contribution in [1.82, 2.24) is 5.32 Å². The van der Waals surface area contributed by atoms with Crippen LogP contribution in [-0.2, 0) is 0 Å². The van der Waals surface area contributed by atoms with E-state index in [9.17, 15) is 0 Å². The van der Waals surface area contributed by atoms with Crippen molar-refractivity contribution in [2.24, 2.45) is 0 Å². The third kappa shape index (κ3) is 3.35. The van der Waals surface area contributed by atoms with Crippen LogP contribution in [0.4, 0.5) is 0 Å². The molecular weight excluding hydrogens is 262 g/mol. The number of hydrogen-bond donors (Lipinski definition) is 2. The summed E-state index contributed by atoms with van der Waals surface area (Å²) in [7, 11) is 0. The first-order valence-corrected chi connectivity index (χ1v) is 6.40. The quantitative estimate of drug-likeness (QED) is 0.868. The zero-order valence-electron chi connectivity index (χ0n) is 8.46. The van der Waals surface area contributed by atoms with Gasteiger partial charge in [-0.05, 0) is 41.4 Å². The summed E-state index contributed by atoms with van der Waals surface area (Å²) in [4.78, 5) is 1.30. The van der Waals surface area contributed by atoms with Gasteiger partial charge in [0.2, 0.25) is 0 Å². The van der Waals surface area contributed by atoms with Crippen LogP contribution in [0.1, 0.15) is 31.2 Å². The molecule has 14 heavy (non-hydrogen) atoms. The lowest BCUT2D eigenvalue weighted by atomic mass is 10.2. The smallest absolute Gasteiger partial charge is 0.0701 e. The van der Waals surface area contributed by atoms with Crippen LogP contribution in [0, 0.1) is 0 Å². The van der Waals surface area contributed by atoms with Crippen LogP contribution in [-0.4, -0.2) is 17.8 Å². The van der Waals surface area contributed by atoms with Crippen molar-refractivity contribution in [3.05, 3.63) is 20.8 Å². The van der Waals surface area contributed by atoms with Crippen LogP contribution >= 0.6 is 27.3 Å². The molecule has 0 aliphatic heterocycles. The zero-order chi connectivity index (χ0) is 10.6. The van der Waals surface area contributed by atoms with Gasteiger partial charge in [-0.1, -0.05) is 6.92 Å². The molecule has 1 aromatic heterocycles. The maximum Gasteiger partial charge on any atom is 0.0701 e. The van der Waals surface area contributed by atoms with Crippen LogP contribution in [0.15, 0.2) is 15.9 Å². The lowest BCUT2D eigenvalue weighted by Gasteiger charge is -2.19. The molecule has 0 radical (unpaired) electrons. The van der Waals surface area contributed by atoms with Gasteiger partial charge in [0.1, 0.15) is 0 Å². The van der Waals surface area contributed by atoms with Crippen LogP contribution in [0.25, 0.3) is 0 Å². The standard InChI is InChI=1S/C10H16BrNOS/c1-3-8(6-13)12-7(2)9-4-5-10(11)14-9/h4-5,7-8,12-13H,3,6H2,1-2H3/t7-,8-/m1/s1. The molecule has 2 N–H and O–H groups in total. The van der Waals surface area contributed by atoms with Gasteiger partial charge < -0.3 is 10.4 Å². The maximum absolute atomic E-state index is 9.06. The Hall–Kier alpha value is 0.1000. The lowest BCUT2D eigenvalue weighted by Crippen LogP contribution is -2.33. The summed E-state index contributed by atoms with van der Waals surface area (Å²) in [6, 6.07) is 4.67. The number of hydrogen-bond acceptors (Lipinski definition) is 3. The lowest BCUT2D eigenvalue weighted by molar-refractivity contribution is 0.230. The third-order valence-corrected chi connectivity index (χ3v) is 4.03. The summed E-state index contributed by atoms with van der Waals surface area (Å²) in [5, 5.41) is 12.4. The van der Waals surface area contributed by atoms with E-state index in [1.165, 1.54) is 4.88 Å². The highest BCUT2D eigenvalue weighted by Gasteiger charge is 2.12. The van der Waals surface area contributed by atoms with Crippen molar-refractivity contribution in [2.75, 3.05) is 6.61 Å². The van der Waals surface area contributed by atoms with Crippen molar-refractivity contribution in [1.29, 1.82) is 0 Å². The number of rotatable bonds is 5. The Balaban J connectivity index is 2.53. The fourth-order valence-corrected chi connectivity index (χ4v) is 2.73. The van der Waals surface area contributed by atoms with Crippen molar-refractivity contribution in [3.8, 4) is 0 Å². The van der Waals surface area contributed by atoms with Crippen LogP contribution in [0.3, 0.4) is 0 Å². The Morgan fingerprint density at radius 2 is 2.29 bits per heavy atom. The second-order valence-corrected chi connectivity index (χ2v) is 5.81. The van der Waals surface area contributed by atoms with E-state index in [2.05, 4.69) is 47.2 Å². The molecule has 1 rings (SSSR count). The van der Waals surface area contributed by atoms with E-state index in [-0.39, 0.29) is 12.6 Å². The van der Waals surface area contributed by atoms with Gasteiger partial charge in [-0.25, -0.2) is 0 Å². The van der Waals surface area contributed by atoms with Gasteiger partial charge in [0, 0.05) is 17.0 Å². The molecule has 0 aromatic carbocycles. The van der Waals surface area contributed by atoms with E-state index in [0.717, 1.165) is 10.2 Å². The van der Waals surface area contributed by atoms with Crippen molar-refractivity contribution in [3.63, 3.8) is 0 Å². The average Bonchev–Trinajstić information content (AvgIpc) is 2.61. The number of halogens is 1. The summed E-state index contributed by atoms with van der Waals surface area (Å²) in [6.07, 6.45) is 0.952. The average molecular weight is 278 g/mol. The van der Waals surface area contributed by atoms with Gasteiger partial charge in [-0.2, -0.15) is 0 Å². The van der Waals surface area contributed by atoms with Crippen molar-refractivity contribution in [2.45, 2.75) is 32.4 Å². The molecule has 2 nitrogen and oxygen atoms in total. The predicted octanol–water partition coefficient (Wildman–Crippen LogP) is 2.93. The fourth-order valence-electron chi connectivity index (χ4n) is 1.30. The molecule has 0 aliphatic rings. The first-order valence-electron chi connectivity index (χ1n) is 4.79. The van der Waals surface area contributed by atoms with Gasteiger partial charge in [0.25, 0.3) is 0 Å². The molecule has 2 atom stereocenters. The number of nitrogens with one attached hydrogen (secondary N) is 1.